The monoisotopic (exact) mass is 331 g/mol. The first-order chi connectivity index (χ1) is 9.94. The van der Waals surface area contributed by atoms with E-state index < -0.39 is 10.0 Å². The molecule has 1 N–H and O–H groups in total. The van der Waals surface area contributed by atoms with Gasteiger partial charge in [-0.05, 0) is 20.3 Å². The van der Waals surface area contributed by atoms with Crippen LogP contribution in [0.15, 0.2) is 23.5 Å². The summed E-state index contributed by atoms with van der Waals surface area (Å²) in [7, 11) is -3.52. The Balaban J connectivity index is 1.90. The second kappa shape index (κ2) is 6.59. The van der Waals surface area contributed by atoms with Crippen molar-refractivity contribution in [2.24, 2.45) is 0 Å². The first-order valence-electron chi connectivity index (χ1n) is 6.64. The number of nitrogens with one attached hydrogen (secondary N) is 1. The van der Waals surface area contributed by atoms with Crippen molar-refractivity contribution >= 4 is 21.6 Å². The molecule has 0 aromatic carbocycles. The van der Waals surface area contributed by atoms with Crippen LogP contribution >= 0.6 is 11.6 Å². The van der Waals surface area contributed by atoms with Crippen LogP contribution in [-0.4, -0.2) is 34.5 Å². The van der Waals surface area contributed by atoms with Crippen LogP contribution in [0.1, 0.15) is 19.0 Å². The van der Waals surface area contributed by atoms with Crippen LogP contribution in [-0.2, 0) is 23.1 Å². The molecule has 2 heterocycles. The van der Waals surface area contributed by atoms with E-state index in [-0.39, 0.29) is 4.90 Å². The van der Waals surface area contributed by atoms with E-state index in [1.807, 2.05) is 6.92 Å². The fraction of sp³-hybridized carbons (Fsp3) is 0.500. The van der Waals surface area contributed by atoms with Crippen molar-refractivity contribution in [1.29, 1.82) is 0 Å². The largest absolute Gasteiger partial charge is 0.271 e. The summed E-state index contributed by atoms with van der Waals surface area (Å²) < 4.78 is 30.3. The summed E-state index contributed by atoms with van der Waals surface area (Å²) >= 11 is 5.76. The van der Waals surface area contributed by atoms with E-state index in [2.05, 4.69) is 14.9 Å². The molecular formula is C12H18ClN5O2S. The molecule has 2 aromatic rings. The zero-order chi connectivity index (χ0) is 15.5. The molecule has 0 saturated carbocycles. The van der Waals surface area contributed by atoms with Crippen LogP contribution in [0.4, 0.5) is 0 Å². The Hall–Kier alpha value is -1.38. The molecule has 0 bridgehead atoms. The second-order valence-electron chi connectivity index (χ2n) is 4.58. The van der Waals surface area contributed by atoms with E-state index in [0.717, 1.165) is 0 Å². The first kappa shape index (κ1) is 16.0. The van der Waals surface area contributed by atoms with Crippen LogP contribution < -0.4 is 4.72 Å². The minimum Gasteiger partial charge on any atom is -0.271 e. The van der Waals surface area contributed by atoms with Gasteiger partial charge in [-0.3, -0.25) is 9.36 Å². The number of hydrogen-bond acceptors (Lipinski definition) is 4. The van der Waals surface area contributed by atoms with Crippen molar-refractivity contribution in [3.05, 3.63) is 29.3 Å². The van der Waals surface area contributed by atoms with Gasteiger partial charge < -0.3 is 0 Å². The van der Waals surface area contributed by atoms with Gasteiger partial charge in [0.05, 0.1) is 23.1 Å². The summed E-state index contributed by atoms with van der Waals surface area (Å²) in [5.74, 6) is 0. The Kier molecular flexibility index (Phi) is 5.02. The van der Waals surface area contributed by atoms with Crippen molar-refractivity contribution in [3.63, 3.8) is 0 Å². The third kappa shape index (κ3) is 3.84. The molecule has 21 heavy (non-hydrogen) atoms. The Morgan fingerprint density at radius 1 is 1.33 bits per heavy atom. The van der Waals surface area contributed by atoms with Crippen LogP contribution in [0.25, 0.3) is 0 Å². The minimum atomic E-state index is -3.52. The molecule has 0 aliphatic heterocycles. The van der Waals surface area contributed by atoms with Crippen LogP contribution in [0.5, 0.6) is 0 Å². The number of sulfonamides is 1. The number of aryl methyl sites for hydroxylation is 2. The molecule has 0 aliphatic carbocycles. The topological polar surface area (TPSA) is 81.8 Å². The average Bonchev–Trinajstić information content (AvgIpc) is 3.01. The highest BCUT2D eigenvalue weighted by Crippen LogP contribution is 2.13. The quantitative estimate of drug-likeness (QED) is 0.778. The molecule has 7 nitrogen and oxygen atoms in total. The molecular weight excluding hydrogens is 314 g/mol. The van der Waals surface area contributed by atoms with Gasteiger partial charge in [-0.2, -0.15) is 10.2 Å². The molecule has 2 aromatic heterocycles. The standard InChI is InChI=1S/C12H18ClN5O2S/c1-3-18-10(2)12(8-15-18)21(19,20)16-5-4-6-17-9-11(13)7-14-17/h7-9,16H,3-6H2,1-2H3. The Morgan fingerprint density at radius 3 is 2.67 bits per heavy atom. The highest BCUT2D eigenvalue weighted by Gasteiger charge is 2.19. The number of hydrogen-bond donors (Lipinski definition) is 1. The van der Waals surface area contributed by atoms with E-state index in [4.69, 9.17) is 11.6 Å². The van der Waals surface area contributed by atoms with Crippen molar-refractivity contribution in [2.75, 3.05) is 6.54 Å². The van der Waals surface area contributed by atoms with Gasteiger partial charge in [0.25, 0.3) is 0 Å². The van der Waals surface area contributed by atoms with Crippen LogP contribution in [0.2, 0.25) is 5.02 Å². The predicted octanol–water partition coefficient (Wildman–Crippen LogP) is 1.43. The summed E-state index contributed by atoms with van der Waals surface area (Å²) in [5, 5.41) is 8.65. The summed E-state index contributed by atoms with van der Waals surface area (Å²) in [6.45, 7) is 5.23. The molecule has 0 radical (unpaired) electrons. The number of rotatable bonds is 7. The van der Waals surface area contributed by atoms with Gasteiger partial charge >= 0.3 is 0 Å². The smallest absolute Gasteiger partial charge is 0.243 e. The lowest BCUT2D eigenvalue weighted by Gasteiger charge is -2.07. The maximum absolute atomic E-state index is 12.2. The maximum atomic E-state index is 12.2. The highest BCUT2D eigenvalue weighted by atomic mass is 35.5. The van der Waals surface area contributed by atoms with Crippen molar-refractivity contribution in [3.8, 4) is 0 Å². The van der Waals surface area contributed by atoms with Gasteiger partial charge in [-0.1, -0.05) is 11.6 Å². The van der Waals surface area contributed by atoms with Crippen molar-refractivity contribution in [1.82, 2.24) is 24.3 Å². The molecule has 2 rings (SSSR count). The molecule has 0 unspecified atom stereocenters. The lowest BCUT2D eigenvalue weighted by molar-refractivity contribution is 0.552. The van der Waals surface area contributed by atoms with E-state index >= 15 is 0 Å². The fourth-order valence-corrected chi connectivity index (χ4v) is 3.40. The summed E-state index contributed by atoms with van der Waals surface area (Å²) in [5.41, 5.74) is 0.642. The molecule has 0 fully saturated rings. The second-order valence-corrected chi connectivity index (χ2v) is 6.75. The van der Waals surface area contributed by atoms with Gasteiger partial charge in [0.2, 0.25) is 10.0 Å². The summed E-state index contributed by atoms with van der Waals surface area (Å²) in [4.78, 5) is 0.228. The zero-order valence-corrected chi connectivity index (χ0v) is 13.5. The Bertz CT molecular complexity index is 707. The lowest BCUT2D eigenvalue weighted by Crippen LogP contribution is -2.26. The summed E-state index contributed by atoms with van der Waals surface area (Å²) in [6, 6.07) is 0. The van der Waals surface area contributed by atoms with E-state index in [0.29, 0.717) is 36.8 Å². The average molecular weight is 332 g/mol. The van der Waals surface area contributed by atoms with E-state index in [1.165, 1.54) is 6.20 Å². The predicted molar refractivity (Wildman–Crippen MR) is 79.7 cm³/mol. The lowest BCUT2D eigenvalue weighted by atomic mass is 10.4. The summed E-state index contributed by atoms with van der Waals surface area (Å²) in [6.07, 6.45) is 5.26. The van der Waals surface area contributed by atoms with Crippen LogP contribution in [0, 0.1) is 6.92 Å². The Morgan fingerprint density at radius 2 is 2.10 bits per heavy atom. The molecule has 9 heteroatoms. The minimum absolute atomic E-state index is 0.228. The third-order valence-corrected chi connectivity index (χ3v) is 4.86. The van der Waals surface area contributed by atoms with Gasteiger partial charge in [-0.25, -0.2) is 13.1 Å². The van der Waals surface area contributed by atoms with Gasteiger partial charge in [-0.15, -0.1) is 0 Å². The van der Waals surface area contributed by atoms with E-state index in [1.54, 1.807) is 28.7 Å². The first-order valence-corrected chi connectivity index (χ1v) is 8.50. The van der Waals surface area contributed by atoms with Gasteiger partial charge in [0.15, 0.2) is 0 Å². The molecule has 0 amide bonds. The number of aromatic nitrogens is 4. The van der Waals surface area contributed by atoms with Gasteiger partial charge in [0, 0.05) is 25.8 Å². The maximum Gasteiger partial charge on any atom is 0.243 e. The molecule has 0 saturated heterocycles. The number of halogens is 1. The van der Waals surface area contributed by atoms with E-state index in [9.17, 15) is 8.42 Å². The third-order valence-electron chi connectivity index (χ3n) is 3.10. The number of nitrogens with zero attached hydrogens (tertiary/aromatic N) is 4. The Labute approximate surface area is 129 Å². The van der Waals surface area contributed by atoms with Crippen molar-refractivity contribution < 1.29 is 8.42 Å². The van der Waals surface area contributed by atoms with Crippen molar-refractivity contribution in [2.45, 2.75) is 38.3 Å². The van der Waals surface area contributed by atoms with Crippen LogP contribution in [0.3, 0.4) is 0 Å². The normalized spacial score (nSPS) is 12.0. The van der Waals surface area contributed by atoms with Gasteiger partial charge in [0.1, 0.15) is 4.90 Å². The fourth-order valence-electron chi connectivity index (χ4n) is 2.00. The zero-order valence-electron chi connectivity index (χ0n) is 12.0. The highest BCUT2D eigenvalue weighted by molar-refractivity contribution is 7.89. The SMILES string of the molecule is CCn1ncc(S(=O)(=O)NCCCn2cc(Cl)cn2)c1C. The molecule has 0 aliphatic rings. The molecule has 0 spiro atoms. The molecule has 0 atom stereocenters. The molecule has 116 valence electrons.